The minimum absolute atomic E-state index is 0.289. The minimum Gasteiger partial charge on any atom is -0.487 e. The number of fused-ring (bicyclic) bond motifs is 1. The van der Waals surface area contributed by atoms with Crippen molar-refractivity contribution in [3.8, 4) is 5.75 Å². The number of hydrazone groups is 1. The van der Waals surface area contributed by atoms with Crippen molar-refractivity contribution in [3.63, 3.8) is 0 Å². The lowest BCUT2D eigenvalue weighted by atomic mass is 10.1. The van der Waals surface area contributed by atoms with Crippen molar-refractivity contribution in [2.75, 3.05) is 0 Å². The molecule has 0 atom stereocenters. The minimum atomic E-state index is -0.289. The average molecular weight is 399 g/mol. The highest BCUT2D eigenvalue weighted by molar-refractivity contribution is 5.99. The topological polar surface area (TPSA) is 76.7 Å². The molecule has 0 fully saturated rings. The van der Waals surface area contributed by atoms with Crippen LogP contribution in [0.25, 0.3) is 10.9 Å². The molecular formula is C24H21N3O3. The number of hydrogen-bond acceptors (Lipinski definition) is 5. The molecule has 0 saturated carbocycles. The maximum Gasteiger partial charge on any atom is 0.271 e. The summed E-state index contributed by atoms with van der Waals surface area (Å²) >= 11 is 0. The molecule has 0 spiro atoms. The summed E-state index contributed by atoms with van der Waals surface area (Å²) in [5, 5.41) is 5.13. The number of hydrogen-bond donors (Lipinski definition) is 1. The van der Waals surface area contributed by atoms with Gasteiger partial charge in [0.25, 0.3) is 5.91 Å². The SMILES string of the molecule is C/C(=N\NC(=O)c1ccc(COc2cccc3cccnc23)cc1)c1ccc(C)o1. The van der Waals surface area contributed by atoms with Gasteiger partial charge in [-0.2, -0.15) is 5.10 Å². The van der Waals surface area contributed by atoms with Crippen LogP contribution in [-0.2, 0) is 6.61 Å². The van der Waals surface area contributed by atoms with Gasteiger partial charge in [-0.25, -0.2) is 5.43 Å². The van der Waals surface area contributed by atoms with Crippen LogP contribution in [0, 0.1) is 6.92 Å². The maximum absolute atomic E-state index is 12.3. The Balaban J connectivity index is 1.38. The summed E-state index contributed by atoms with van der Waals surface area (Å²) < 4.78 is 11.4. The molecule has 2 aromatic carbocycles. The summed E-state index contributed by atoms with van der Waals surface area (Å²) in [5.74, 6) is 1.86. The first-order chi connectivity index (χ1) is 14.6. The van der Waals surface area contributed by atoms with Gasteiger partial charge in [0.05, 0.1) is 0 Å². The van der Waals surface area contributed by atoms with Gasteiger partial charge < -0.3 is 9.15 Å². The first kappa shape index (κ1) is 19.4. The van der Waals surface area contributed by atoms with Gasteiger partial charge in [-0.05, 0) is 55.8 Å². The lowest BCUT2D eigenvalue weighted by molar-refractivity contribution is 0.0954. The third-order valence-corrected chi connectivity index (χ3v) is 4.63. The fraction of sp³-hybridized carbons (Fsp3) is 0.125. The molecular weight excluding hydrogens is 378 g/mol. The molecule has 6 nitrogen and oxygen atoms in total. The largest absolute Gasteiger partial charge is 0.487 e. The smallest absolute Gasteiger partial charge is 0.271 e. The number of carbonyl (C=O) groups is 1. The second kappa shape index (κ2) is 8.61. The summed E-state index contributed by atoms with van der Waals surface area (Å²) in [6, 6.07) is 20.6. The van der Waals surface area contributed by atoms with Crippen molar-refractivity contribution in [2.45, 2.75) is 20.5 Å². The molecule has 2 heterocycles. The van der Waals surface area contributed by atoms with E-state index >= 15 is 0 Å². The molecule has 0 aliphatic carbocycles. The van der Waals surface area contributed by atoms with E-state index in [1.165, 1.54) is 0 Å². The van der Waals surface area contributed by atoms with E-state index in [1.807, 2.05) is 61.5 Å². The fourth-order valence-electron chi connectivity index (χ4n) is 2.99. The molecule has 150 valence electrons. The second-order valence-corrected chi connectivity index (χ2v) is 6.87. The normalized spacial score (nSPS) is 11.5. The Bertz CT molecular complexity index is 1200. The zero-order valence-corrected chi connectivity index (χ0v) is 16.8. The molecule has 0 aliphatic rings. The van der Waals surface area contributed by atoms with Gasteiger partial charge in [-0.1, -0.05) is 30.3 Å². The van der Waals surface area contributed by atoms with Crippen LogP contribution in [0.1, 0.15) is 34.4 Å². The van der Waals surface area contributed by atoms with Crippen molar-refractivity contribution < 1.29 is 13.9 Å². The van der Waals surface area contributed by atoms with Crippen LogP contribution < -0.4 is 10.2 Å². The quantitative estimate of drug-likeness (QED) is 0.371. The van der Waals surface area contributed by atoms with Crippen LogP contribution in [0.2, 0.25) is 0 Å². The molecule has 4 aromatic rings. The molecule has 1 amide bonds. The molecule has 0 radical (unpaired) electrons. The van der Waals surface area contributed by atoms with E-state index < -0.39 is 0 Å². The van der Waals surface area contributed by atoms with E-state index in [4.69, 9.17) is 9.15 Å². The molecule has 4 rings (SSSR count). The van der Waals surface area contributed by atoms with Crippen LogP contribution in [0.3, 0.4) is 0 Å². The highest BCUT2D eigenvalue weighted by Gasteiger charge is 2.08. The van der Waals surface area contributed by atoms with Crippen molar-refractivity contribution in [2.24, 2.45) is 5.10 Å². The van der Waals surface area contributed by atoms with Gasteiger partial charge in [-0.15, -0.1) is 0 Å². The van der Waals surface area contributed by atoms with Gasteiger partial charge in [0.1, 0.15) is 35.1 Å². The Kier molecular flexibility index (Phi) is 5.57. The summed E-state index contributed by atoms with van der Waals surface area (Å²) in [7, 11) is 0. The molecule has 0 aliphatic heterocycles. The number of benzene rings is 2. The summed E-state index contributed by atoms with van der Waals surface area (Å²) in [4.78, 5) is 16.7. The maximum atomic E-state index is 12.3. The van der Waals surface area contributed by atoms with Crippen LogP contribution in [-0.4, -0.2) is 16.6 Å². The van der Waals surface area contributed by atoms with Crippen molar-refractivity contribution in [1.82, 2.24) is 10.4 Å². The highest BCUT2D eigenvalue weighted by atomic mass is 16.5. The number of pyridine rings is 1. The number of rotatable bonds is 6. The van der Waals surface area contributed by atoms with Crippen molar-refractivity contribution >= 4 is 22.5 Å². The Hall–Kier alpha value is -3.93. The van der Waals surface area contributed by atoms with E-state index in [9.17, 15) is 4.79 Å². The van der Waals surface area contributed by atoms with Crippen molar-refractivity contribution in [3.05, 3.63) is 95.6 Å². The van der Waals surface area contributed by atoms with E-state index in [0.29, 0.717) is 23.6 Å². The average Bonchev–Trinajstić information content (AvgIpc) is 3.22. The summed E-state index contributed by atoms with van der Waals surface area (Å²) in [6.07, 6.45) is 1.75. The molecule has 2 aromatic heterocycles. The highest BCUT2D eigenvalue weighted by Crippen LogP contribution is 2.23. The number of ether oxygens (including phenoxy) is 1. The van der Waals surface area contributed by atoms with E-state index in [2.05, 4.69) is 15.5 Å². The van der Waals surface area contributed by atoms with Gasteiger partial charge in [0.2, 0.25) is 0 Å². The first-order valence-corrected chi connectivity index (χ1v) is 9.57. The number of furan rings is 1. The summed E-state index contributed by atoms with van der Waals surface area (Å²) in [6.45, 7) is 4.02. The van der Waals surface area contributed by atoms with Crippen LogP contribution in [0.15, 0.2) is 82.4 Å². The zero-order chi connectivity index (χ0) is 20.9. The van der Waals surface area contributed by atoms with E-state index in [-0.39, 0.29) is 5.91 Å². The molecule has 0 saturated heterocycles. The molecule has 6 heteroatoms. The Morgan fingerprint density at radius 3 is 2.63 bits per heavy atom. The molecule has 1 N–H and O–H groups in total. The van der Waals surface area contributed by atoms with Crippen molar-refractivity contribution in [1.29, 1.82) is 0 Å². The Morgan fingerprint density at radius 2 is 1.87 bits per heavy atom. The van der Waals surface area contributed by atoms with Gasteiger partial charge in [0, 0.05) is 17.1 Å². The van der Waals surface area contributed by atoms with Gasteiger partial charge >= 0.3 is 0 Å². The van der Waals surface area contributed by atoms with Crippen LogP contribution >= 0.6 is 0 Å². The molecule has 0 bridgehead atoms. The number of amides is 1. The Morgan fingerprint density at radius 1 is 1.07 bits per heavy atom. The van der Waals surface area contributed by atoms with Gasteiger partial charge in [0.15, 0.2) is 0 Å². The molecule has 30 heavy (non-hydrogen) atoms. The predicted octanol–water partition coefficient (Wildman–Crippen LogP) is 4.87. The van der Waals surface area contributed by atoms with Crippen LogP contribution in [0.4, 0.5) is 0 Å². The second-order valence-electron chi connectivity index (χ2n) is 6.87. The summed E-state index contributed by atoms with van der Waals surface area (Å²) in [5.41, 5.74) is 5.45. The lowest BCUT2D eigenvalue weighted by Gasteiger charge is -2.09. The number of aromatic nitrogens is 1. The van der Waals surface area contributed by atoms with Gasteiger partial charge in [-0.3, -0.25) is 9.78 Å². The number of aryl methyl sites for hydroxylation is 1. The monoisotopic (exact) mass is 399 g/mol. The number of para-hydroxylation sites is 1. The predicted molar refractivity (Wildman–Crippen MR) is 116 cm³/mol. The molecule has 0 unspecified atom stereocenters. The lowest BCUT2D eigenvalue weighted by Crippen LogP contribution is -2.19. The first-order valence-electron chi connectivity index (χ1n) is 9.57. The fourth-order valence-corrected chi connectivity index (χ4v) is 2.99. The van der Waals surface area contributed by atoms with E-state index in [0.717, 1.165) is 28.0 Å². The third kappa shape index (κ3) is 4.38. The standard InChI is InChI=1S/C24H21N3O3/c1-16-8-13-21(30-16)17(2)26-27-24(28)20-11-9-18(10-12-20)15-29-22-7-3-5-19-6-4-14-25-23(19)22/h3-14H,15H2,1-2H3,(H,27,28)/b26-17+. The Labute approximate surface area is 174 Å². The number of carbonyl (C=O) groups excluding carboxylic acids is 1. The van der Waals surface area contributed by atoms with E-state index in [1.54, 1.807) is 25.3 Å². The number of nitrogens with one attached hydrogen (secondary N) is 1. The third-order valence-electron chi connectivity index (χ3n) is 4.63. The zero-order valence-electron chi connectivity index (χ0n) is 16.8. The van der Waals surface area contributed by atoms with Crippen LogP contribution in [0.5, 0.6) is 5.75 Å². The number of nitrogens with zero attached hydrogens (tertiary/aromatic N) is 2.